The summed E-state index contributed by atoms with van der Waals surface area (Å²) in [4.78, 5) is 26.6. The Labute approximate surface area is 155 Å². The summed E-state index contributed by atoms with van der Waals surface area (Å²) in [6.45, 7) is 1.16. The fourth-order valence-electron chi connectivity index (χ4n) is 2.91. The van der Waals surface area contributed by atoms with Crippen LogP contribution in [0.1, 0.15) is 20.9 Å². The van der Waals surface area contributed by atoms with E-state index in [0.29, 0.717) is 18.7 Å². The van der Waals surface area contributed by atoms with Gasteiger partial charge in [-0.2, -0.15) is 0 Å². The first-order chi connectivity index (χ1) is 12.8. The lowest BCUT2D eigenvalue weighted by atomic mass is 10.1. The smallest absolute Gasteiger partial charge is 0.254 e. The first-order valence-corrected chi connectivity index (χ1v) is 9.32. The second-order valence-electron chi connectivity index (χ2n) is 6.02. The highest BCUT2D eigenvalue weighted by molar-refractivity contribution is 7.09. The molecule has 4 rings (SSSR count). The highest BCUT2D eigenvalue weighted by Crippen LogP contribution is 2.17. The zero-order valence-electron chi connectivity index (χ0n) is 14.1. The van der Waals surface area contributed by atoms with Gasteiger partial charge >= 0.3 is 0 Å². The van der Waals surface area contributed by atoms with Crippen LogP contribution in [0.25, 0.3) is 11.0 Å². The number of fused-ring (bicyclic) bond motifs is 1. The van der Waals surface area contributed by atoms with Crippen LogP contribution in [0.4, 0.5) is 0 Å². The van der Waals surface area contributed by atoms with E-state index in [-0.39, 0.29) is 5.91 Å². The lowest BCUT2D eigenvalue weighted by molar-refractivity contribution is 0.0745. The number of nitrogens with one attached hydrogen (secondary N) is 1. The second kappa shape index (κ2) is 7.49. The first kappa shape index (κ1) is 16.5. The Hall–Kier alpha value is -2.99. The van der Waals surface area contributed by atoms with Crippen molar-refractivity contribution < 1.29 is 4.79 Å². The summed E-state index contributed by atoms with van der Waals surface area (Å²) < 4.78 is 0. The molecule has 2 heterocycles. The fraction of sp³-hybridized carbons (Fsp3) is 0.150. The molecule has 5 nitrogen and oxygen atoms in total. The molecule has 2 aromatic carbocycles. The third kappa shape index (κ3) is 3.65. The van der Waals surface area contributed by atoms with Gasteiger partial charge < -0.3 is 9.88 Å². The molecule has 0 spiro atoms. The molecule has 4 aromatic rings. The number of imidazole rings is 1. The van der Waals surface area contributed by atoms with Crippen LogP contribution in [0.2, 0.25) is 0 Å². The van der Waals surface area contributed by atoms with E-state index in [4.69, 9.17) is 0 Å². The topological polar surface area (TPSA) is 61.9 Å². The monoisotopic (exact) mass is 362 g/mol. The SMILES string of the molecule is O=C(c1ccc2nc[nH]c2c1)N(CCc1ccccc1)Cc1nccs1. The summed E-state index contributed by atoms with van der Waals surface area (Å²) in [6, 6.07) is 15.8. The van der Waals surface area contributed by atoms with Crippen LogP contribution >= 0.6 is 11.3 Å². The third-order valence-electron chi connectivity index (χ3n) is 4.28. The zero-order valence-corrected chi connectivity index (χ0v) is 14.9. The Morgan fingerprint density at radius 3 is 2.81 bits per heavy atom. The minimum absolute atomic E-state index is 0.00707. The maximum atomic E-state index is 13.1. The number of H-pyrrole nitrogens is 1. The molecular weight excluding hydrogens is 344 g/mol. The molecule has 0 saturated carbocycles. The standard InChI is InChI=1S/C20H18N4OS/c25-20(16-6-7-17-18(12-16)23-14-22-17)24(13-19-21-9-11-26-19)10-8-15-4-2-1-3-5-15/h1-7,9,11-12,14H,8,10,13H2,(H,22,23). The number of hydrogen-bond donors (Lipinski definition) is 1. The van der Waals surface area contributed by atoms with Crippen LogP contribution in [-0.2, 0) is 13.0 Å². The van der Waals surface area contributed by atoms with E-state index in [1.807, 2.05) is 46.7 Å². The number of rotatable bonds is 6. The van der Waals surface area contributed by atoms with Gasteiger partial charge in [-0.05, 0) is 30.2 Å². The van der Waals surface area contributed by atoms with Gasteiger partial charge in [0.05, 0.1) is 23.9 Å². The Balaban J connectivity index is 1.56. The number of aromatic amines is 1. The van der Waals surface area contributed by atoms with Gasteiger partial charge in [0, 0.05) is 23.7 Å². The van der Waals surface area contributed by atoms with E-state index >= 15 is 0 Å². The molecule has 0 atom stereocenters. The van der Waals surface area contributed by atoms with Crippen molar-refractivity contribution in [3.8, 4) is 0 Å². The molecule has 2 aromatic heterocycles. The predicted molar refractivity (Wildman–Crippen MR) is 103 cm³/mol. The van der Waals surface area contributed by atoms with Crippen LogP contribution in [0, 0.1) is 0 Å². The van der Waals surface area contributed by atoms with Crippen LogP contribution in [0.5, 0.6) is 0 Å². The van der Waals surface area contributed by atoms with E-state index in [1.165, 1.54) is 5.56 Å². The van der Waals surface area contributed by atoms with Crippen molar-refractivity contribution in [2.45, 2.75) is 13.0 Å². The van der Waals surface area contributed by atoms with Crippen molar-refractivity contribution in [1.29, 1.82) is 0 Å². The molecule has 1 N–H and O–H groups in total. The van der Waals surface area contributed by atoms with Crippen molar-refractivity contribution in [3.63, 3.8) is 0 Å². The molecule has 6 heteroatoms. The normalized spacial score (nSPS) is 10.9. The average Bonchev–Trinajstić information content (AvgIpc) is 3.36. The second-order valence-corrected chi connectivity index (χ2v) is 7.00. The lowest BCUT2D eigenvalue weighted by Crippen LogP contribution is -2.32. The van der Waals surface area contributed by atoms with Gasteiger partial charge in [0.15, 0.2) is 0 Å². The van der Waals surface area contributed by atoms with Gasteiger partial charge in [0.2, 0.25) is 0 Å². The van der Waals surface area contributed by atoms with E-state index in [1.54, 1.807) is 23.9 Å². The maximum absolute atomic E-state index is 13.1. The minimum atomic E-state index is 0.00707. The number of benzene rings is 2. The van der Waals surface area contributed by atoms with E-state index in [9.17, 15) is 4.79 Å². The summed E-state index contributed by atoms with van der Waals surface area (Å²) >= 11 is 1.57. The number of nitrogens with zero attached hydrogens (tertiary/aromatic N) is 3. The van der Waals surface area contributed by atoms with Gasteiger partial charge in [0.25, 0.3) is 5.91 Å². The summed E-state index contributed by atoms with van der Waals surface area (Å²) in [5.41, 5.74) is 3.60. The number of carbonyl (C=O) groups excluding carboxylic acids is 1. The predicted octanol–water partition coefficient (Wildman–Crippen LogP) is 3.90. The van der Waals surface area contributed by atoms with Crippen molar-refractivity contribution >= 4 is 28.3 Å². The Bertz CT molecular complexity index is 995. The molecule has 130 valence electrons. The number of amides is 1. The fourth-order valence-corrected chi connectivity index (χ4v) is 3.54. The zero-order chi connectivity index (χ0) is 17.8. The largest absolute Gasteiger partial charge is 0.345 e. The Morgan fingerprint density at radius 2 is 2.00 bits per heavy atom. The van der Waals surface area contributed by atoms with Crippen molar-refractivity contribution in [2.24, 2.45) is 0 Å². The molecule has 0 aliphatic heterocycles. The number of hydrogen-bond acceptors (Lipinski definition) is 4. The summed E-state index contributed by atoms with van der Waals surface area (Å²) in [5, 5.41) is 2.88. The number of aromatic nitrogens is 3. The van der Waals surface area contributed by atoms with Gasteiger partial charge in [-0.3, -0.25) is 4.79 Å². The Morgan fingerprint density at radius 1 is 1.12 bits per heavy atom. The third-order valence-corrected chi connectivity index (χ3v) is 5.04. The van der Waals surface area contributed by atoms with E-state index in [2.05, 4.69) is 27.1 Å². The molecule has 0 aliphatic carbocycles. The molecule has 0 aliphatic rings. The minimum Gasteiger partial charge on any atom is -0.345 e. The van der Waals surface area contributed by atoms with Crippen LogP contribution in [-0.4, -0.2) is 32.3 Å². The molecule has 0 fully saturated rings. The molecule has 1 amide bonds. The van der Waals surface area contributed by atoms with Crippen molar-refractivity contribution in [2.75, 3.05) is 6.54 Å². The lowest BCUT2D eigenvalue weighted by Gasteiger charge is -2.22. The molecule has 0 saturated heterocycles. The Kier molecular flexibility index (Phi) is 4.75. The van der Waals surface area contributed by atoms with Crippen LogP contribution in [0.3, 0.4) is 0 Å². The van der Waals surface area contributed by atoms with Gasteiger partial charge in [-0.25, -0.2) is 9.97 Å². The van der Waals surface area contributed by atoms with Crippen LogP contribution < -0.4 is 0 Å². The van der Waals surface area contributed by atoms with Crippen molar-refractivity contribution in [1.82, 2.24) is 19.9 Å². The van der Waals surface area contributed by atoms with Crippen LogP contribution in [0.15, 0.2) is 66.4 Å². The highest BCUT2D eigenvalue weighted by Gasteiger charge is 2.18. The molecule has 0 bridgehead atoms. The van der Waals surface area contributed by atoms with E-state index in [0.717, 1.165) is 22.5 Å². The number of thiazole rings is 1. The van der Waals surface area contributed by atoms with E-state index < -0.39 is 0 Å². The van der Waals surface area contributed by atoms with Gasteiger partial charge in [-0.1, -0.05) is 30.3 Å². The number of carbonyl (C=O) groups is 1. The molecule has 0 radical (unpaired) electrons. The maximum Gasteiger partial charge on any atom is 0.254 e. The molecule has 26 heavy (non-hydrogen) atoms. The first-order valence-electron chi connectivity index (χ1n) is 8.44. The summed E-state index contributed by atoms with van der Waals surface area (Å²) in [7, 11) is 0. The van der Waals surface area contributed by atoms with Crippen molar-refractivity contribution in [3.05, 3.63) is 82.6 Å². The summed E-state index contributed by atoms with van der Waals surface area (Å²) in [5.74, 6) is 0.00707. The van der Waals surface area contributed by atoms with Gasteiger partial charge in [-0.15, -0.1) is 11.3 Å². The molecular formula is C20H18N4OS. The average molecular weight is 362 g/mol. The highest BCUT2D eigenvalue weighted by atomic mass is 32.1. The quantitative estimate of drug-likeness (QED) is 0.566. The van der Waals surface area contributed by atoms with Gasteiger partial charge in [0.1, 0.15) is 5.01 Å². The molecule has 0 unspecified atom stereocenters. The summed E-state index contributed by atoms with van der Waals surface area (Å²) in [6.07, 6.45) is 4.22.